The van der Waals surface area contributed by atoms with Crippen molar-refractivity contribution in [1.29, 1.82) is 0 Å². The number of rotatable bonds is 8. The van der Waals surface area contributed by atoms with Crippen LogP contribution in [0.3, 0.4) is 0 Å². The Morgan fingerprint density at radius 3 is 2.84 bits per heavy atom. The van der Waals surface area contributed by atoms with Crippen LogP contribution in [0, 0.1) is 17.0 Å². The van der Waals surface area contributed by atoms with E-state index in [0.717, 1.165) is 5.56 Å². The van der Waals surface area contributed by atoms with Gasteiger partial charge in [0, 0.05) is 24.7 Å². The average molecular weight is 274 g/mol. The third-order valence-electron chi connectivity index (χ3n) is 2.60. The molecule has 0 spiro atoms. The Hall–Kier alpha value is -1.60. The molecule has 0 bridgehead atoms. The predicted octanol–water partition coefficient (Wildman–Crippen LogP) is 2.27. The lowest BCUT2D eigenvalue weighted by atomic mass is 10.1. The summed E-state index contributed by atoms with van der Waals surface area (Å²) in [5, 5.41) is 13.7. The highest BCUT2D eigenvalue weighted by atomic mass is 19.3. The maximum atomic E-state index is 11.8. The van der Waals surface area contributed by atoms with Gasteiger partial charge in [0.05, 0.1) is 11.5 Å². The van der Waals surface area contributed by atoms with Crippen molar-refractivity contribution in [1.82, 2.24) is 5.32 Å². The molecule has 106 valence electrons. The molecule has 0 aromatic heterocycles. The fraction of sp³-hybridized carbons (Fsp3) is 0.500. The Morgan fingerprint density at radius 1 is 1.47 bits per heavy atom. The van der Waals surface area contributed by atoms with Crippen LogP contribution in [-0.2, 0) is 11.3 Å². The largest absolute Gasteiger partial charge is 0.374 e. The summed E-state index contributed by atoms with van der Waals surface area (Å²) in [7, 11) is 0. The first-order valence-electron chi connectivity index (χ1n) is 5.82. The van der Waals surface area contributed by atoms with Gasteiger partial charge in [-0.1, -0.05) is 12.1 Å². The van der Waals surface area contributed by atoms with Crippen molar-refractivity contribution in [2.45, 2.75) is 19.9 Å². The van der Waals surface area contributed by atoms with Gasteiger partial charge >= 0.3 is 0 Å². The molecular weight excluding hydrogens is 258 g/mol. The van der Waals surface area contributed by atoms with Crippen LogP contribution in [0.25, 0.3) is 0 Å². The van der Waals surface area contributed by atoms with Crippen LogP contribution in [0.2, 0.25) is 0 Å². The van der Waals surface area contributed by atoms with Gasteiger partial charge in [-0.05, 0) is 12.5 Å². The molecule has 0 heterocycles. The Kier molecular flexibility index (Phi) is 6.31. The van der Waals surface area contributed by atoms with Crippen molar-refractivity contribution in [3.63, 3.8) is 0 Å². The van der Waals surface area contributed by atoms with E-state index in [1.54, 1.807) is 19.1 Å². The molecule has 1 rings (SSSR count). The van der Waals surface area contributed by atoms with Crippen LogP contribution < -0.4 is 5.32 Å². The van der Waals surface area contributed by atoms with Crippen LogP contribution >= 0.6 is 0 Å². The van der Waals surface area contributed by atoms with Crippen LogP contribution in [0.1, 0.15) is 11.1 Å². The predicted molar refractivity (Wildman–Crippen MR) is 66.4 cm³/mol. The summed E-state index contributed by atoms with van der Waals surface area (Å²) in [5.41, 5.74) is 1.49. The van der Waals surface area contributed by atoms with Crippen LogP contribution in [0.15, 0.2) is 18.2 Å². The Balaban J connectivity index is 2.37. The molecule has 0 aliphatic rings. The van der Waals surface area contributed by atoms with Gasteiger partial charge in [-0.15, -0.1) is 0 Å². The highest BCUT2D eigenvalue weighted by Crippen LogP contribution is 2.20. The fourth-order valence-electron chi connectivity index (χ4n) is 1.60. The minimum atomic E-state index is -2.46. The molecule has 1 aromatic rings. The van der Waals surface area contributed by atoms with Gasteiger partial charge < -0.3 is 10.1 Å². The lowest BCUT2D eigenvalue weighted by molar-refractivity contribution is -0.385. The zero-order valence-corrected chi connectivity index (χ0v) is 10.6. The highest BCUT2D eigenvalue weighted by Gasteiger charge is 2.12. The molecule has 0 aliphatic carbocycles. The minimum Gasteiger partial charge on any atom is -0.374 e. The molecule has 19 heavy (non-hydrogen) atoms. The monoisotopic (exact) mass is 274 g/mol. The first-order valence-corrected chi connectivity index (χ1v) is 5.82. The lowest BCUT2D eigenvalue weighted by Crippen LogP contribution is -2.21. The molecule has 0 fully saturated rings. The van der Waals surface area contributed by atoms with Crippen molar-refractivity contribution < 1.29 is 18.4 Å². The SMILES string of the molecule is Cc1c(CNCCOCC(F)F)cccc1[N+](=O)[O-]. The average Bonchev–Trinajstić information content (AvgIpc) is 2.34. The van der Waals surface area contributed by atoms with Crippen molar-refractivity contribution in [2.75, 3.05) is 19.8 Å². The van der Waals surface area contributed by atoms with Gasteiger partial charge in [-0.2, -0.15) is 0 Å². The number of halogens is 2. The summed E-state index contributed by atoms with van der Waals surface area (Å²) >= 11 is 0. The van der Waals surface area contributed by atoms with E-state index in [1.165, 1.54) is 6.07 Å². The van der Waals surface area contributed by atoms with Gasteiger partial charge in [0.15, 0.2) is 0 Å². The molecule has 0 unspecified atom stereocenters. The molecule has 0 atom stereocenters. The van der Waals surface area contributed by atoms with E-state index >= 15 is 0 Å². The Morgan fingerprint density at radius 2 is 2.21 bits per heavy atom. The van der Waals surface area contributed by atoms with Crippen LogP contribution in [0.5, 0.6) is 0 Å². The fourth-order valence-corrected chi connectivity index (χ4v) is 1.60. The van der Waals surface area contributed by atoms with Crippen LogP contribution in [0.4, 0.5) is 14.5 Å². The summed E-state index contributed by atoms with van der Waals surface area (Å²) in [5.74, 6) is 0. The van der Waals surface area contributed by atoms with E-state index in [-0.39, 0.29) is 12.3 Å². The number of nitrogens with one attached hydrogen (secondary N) is 1. The first kappa shape index (κ1) is 15.5. The lowest BCUT2D eigenvalue weighted by Gasteiger charge is -2.08. The number of alkyl halides is 2. The van der Waals surface area contributed by atoms with Gasteiger partial charge in [0.2, 0.25) is 0 Å². The summed E-state index contributed by atoms with van der Waals surface area (Å²) < 4.78 is 28.2. The maximum absolute atomic E-state index is 11.8. The maximum Gasteiger partial charge on any atom is 0.272 e. The van der Waals surface area contributed by atoms with E-state index in [2.05, 4.69) is 5.32 Å². The summed E-state index contributed by atoms with van der Waals surface area (Å²) in [4.78, 5) is 10.3. The van der Waals surface area contributed by atoms with E-state index in [9.17, 15) is 18.9 Å². The van der Waals surface area contributed by atoms with Gasteiger partial charge in [0.1, 0.15) is 6.61 Å². The number of nitro benzene ring substituents is 1. The zero-order valence-electron chi connectivity index (χ0n) is 10.6. The third-order valence-corrected chi connectivity index (χ3v) is 2.60. The summed E-state index contributed by atoms with van der Waals surface area (Å²) in [6.07, 6.45) is -2.46. The van der Waals surface area contributed by atoms with E-state index in [0.29, 0.717) is 18.7 Å². The van der Waals surface area contributed by atoms with E-state index < -0.39 is 18.0 Å². The second kappa shape index (κ2) is 7.75. The number of ether oxygens (including phenoxy) is 1. The molecule has 7 heteroatoms. The minimum absolute atomic E-state index is 0.0771. The molecule has 0 amide bonds. The topological polar surface area (TPSA) is 64.4 Å². The smallest absolute Gasteiger partial charge is 0.272 e. The summed E-state index contributed by atoms with van der Waals surface area (Å²) in [6, 6.07) is 4.86. The number of nitrogens with zero attached hydrogens (tertiary/aromatic N) is 1. The molecule has 5 nitrogen and oxygen atoms in total. The molecular formula is C12H16F2N2O3. The van der Waals surface area contributed by atoms with Crippen molar-refractivity contribution in [3.05, 3.63) is 39.4 Å². The third kappa shape index (κ3) is 5.27. The van der Waals surface area contributed by atoms with Crippen molar-refractivity contribution in [2.24, 2.45) is 0 Å². The van der Waals surface area contributed by atoms with E-state index in [1.807, 2.05) is 0 Å². The zero-order chi connectivity index (χ0) is 14.3. The first-order chi connectivity index (χ1) is 9.02. The Labute approximate surface area is 109 Å². The molecule has 1 N–H and O–H groups in total. The number of benzene rings is 1. The molecule has 0 saturated heterocycles. The molecule has 0 radical (unpaired) electrons. The van der Waals surface area contributed by atoms with Crippen molar-refractivity contribution in [3.8, 4) is 0 Å². The van der Waals surface area contributed by atoms with Gasteiger partial charge in [0.25, 0.3) is 12.1 Å². The molecule has 1 aromatic carbocycles. The quantitative estimate of drug-likeness (QED) is 0.448. The molecule has 0 aliphatic heterocycles. The summed E-state index contributed by atoms with van der Waals surface area (Å²) in [6.45, 7) is 2.14. The van der Waals surface area contributed by atoms with Crippen molar-refractivity contribution >= 4 is 5.69 Å². The van der Waals surface area contributed by atoms with Gasteiger partial charge in [-0.3, -0.25) is 10.1 Å². The second-order valence-electron chi connectivity index (χ2n) is 3.96. The number of nitro groups is 1. The van der Waals surface area contributed by atoms with Crippen LogP contribution in [-0.4, -0.2) is 31.1 Å². The second-order valence-corrected chi connectivity index (χ2v) is 3.96. The number of hydrogen-bond donors (Lipinski definition) is 1. The van der Waals surface area contributed by atoms with E-state index in [4.69, 9.17) is 4.74 Å². The molecule has 0 saturated carbocycles. The highest BCUT2D eigenvalue weighted by molar-refractivity contribution is 5.44. The number of hydrogen-bond acceptors (Lipinski definition) is 4. The Bertz CT molecular complexity index is 427. The van der Waals surface area contributed by atoms with Gasteiger partial charge in [-0.25, -0.2) is 8.78 Å². The normalized spacial score (nSPS) is 10.9. The standard InChI is InChI=1S/C12H16F2N2O3/c1-9-10(3-2-4-11(9)16(17)18)7-15-5-6-19-8-12(13)14/h2-4,12,15H,5-8H2,1H3.